The van der Waals surface area contributed by atoms with Crippen molar-refractivity contribution >= 4 is 17.8 Å². The van der Waals surface area contributed by atoms with Crippen LogP contribution in [0.4, 0.5) is 5.69 Å². The van der Waals surface area contributed by atoms with Crippen molar-refractivity contribution < 1.29 is 0 Å². The van der Waals surface area contributed by atoms with Gasteiger partial charge in [-0.25, -0.2) is 0 Å². The fraction of sp³-hybridized carbons (Fsp3) is 0.300. The van der Waals surface area contributed by atoms with Crippen molar-refractivity contribution in [2.24, 2.45) is 0 Å². The first-order chi connectivity index (χ1) is 10.3. The van der Waals surface area contributed by atoms with Gasteiger partial charge in [-0.3, -0.25) is 0 Å². The van der Waals surface area contributed by atoms with Gasteiger partial charge in [-0.05, 0) is 47.9 Å². The highest BCUT2D eigenvalue weighted by molar-refractivity contribution is 5.79. The van der Waals surface area contributed by atoms with E-state index in [2.05, 4.69) is 66.9 Å². The Morgan fingerprint density at radius 2 is 1.86 bits per heavy atom. The lowest BCUT2D eigenvalue weighted by atomic mass is 9.99. The Kier molecular flexibility index (Phi) is 4.10. The first-order valence-corrected chi connectivity index (χ1v) is 7.90. The van der Waals surface area contributed by atoms with Crippen LogP contribution < -0.4 is 5.32 Å². The summed E-state index contributed by atoms with van der Waals surface area (Å²) in [7, 11) is 1.99. The molecular weight excluding hydrogens is 254 g/mol. The van der Waals surface area contributed by atoms with E-state index in [9.17, 15) is 0 Å². The maximum atomic E-state index is 3.31. The van der Waals surface area contributed by atoms with Crippen molar-refractivity contribution in [3.05, 3.63) is 64.7 Å². The van der Waals surface area contributed by atoms with Gasteiger partial charge >= 0.3 is 0 Å². The molecule has 0 aliphatic heterocycles. The molecule has 1 nitrogen and oxygen atoms in total. The molecule has 21 heavy (non-hydrogen) atoms. The van der Waals surface area contributed by atoms with Gasteiger partial charge in [0.25, 0.3) is 0 Å². The second-order valence-corrected chi connectivity index (χ2v) is 5.72. The third-order valence-electron chi connectivity index (χ3n) is 4.29. The zero-order chi connectivity index (χ0) is 14.7. The molecule has 2 aromatic rings. The Morgan fingerprint density at radius 1 is 1.05 bits per heavy atom. The van der Waals surface area contributed by atoms with Gasteiger partial charge in [0.15, 0.2) is 0 Å². The fourth-order valence-electron chi connectivity index (χ4n) is 2.94. The Balaban J connectivity index is 1.96. The average molecular weight is 277 g/mol. The van der Waals surface area contributed by atoms with E-state index in [1.807, 2.05) is 7.05 Å². The molecule has 0 saturated heterocycles. The summed E-state index contributed by atoms with van der Waals surface area (Å²) < 4.78 is 0. The predicted molar refractivity (Wildman–Crippen MR) is 92.7 cm³/mol. The summed E-state index contributed by atoms with van der Waals surface area (Å²) in [6.45, 7) is 2.21. The van der Waals surface area contributed by atoms with Gasteiger partial charge in [-0.15, -0.1) is 0 Å². The highest BCUT2D eigenvalue weighted by Crippen LogP contribution is 2.42. The lowest BCUT2D eigenvalue weighted by molar-refractivity contribution is 1.12. The van der Waals surface area contributed by atoms with E-state index in [4.69, 9.17) is 0 Å². The smallest absolute Gasteiger partial charge is 0.0413 e. The van der Waals surface area contributed by atoms with E-state index >= 15 is 0 Å². The molecule has 0 unspecified atom stereocenters. The summed E-state index contributed by atoms with van der Waals surface area (Å²) in [6, 6.07) is 15.3. The van der Waals surface area contributed by atoms with Gasteiger partial charge in [-0.1, -0.05) is 55.5 Å². The topological polar surface area (TPSA) is 12.0 Å². The normalized spacial score (nSPS) is 14.6. The quantitative estimate of drug-likeness (QED) is 0.727. The molecule has 0 bridgehead atoms. The van der Waals surface area contributed by atoms with E-state index in [0.29, 0.717) is 0 Å². The molecule has 0 spiro atoms. The van der Waals surface area contributed by atoms with E-state index in [1.165, 1.54) is 40.8 Å². The highest BCUT2D eigenvalue weighted by atomic mass is 14.8. The maximum Gasteiger partial charge on any atom is 0.0413 e. The Bertz CT molecular complexity index is 628. The molecule has 0 radical (unpaired) electrons. The number of hydrogen-bond donors (Lipinski definition) is 1. The molecule has 3 rings (SSSR count). The molecule has 0 atom stereocenters. The highest BCUT2D eigenvalue weighted by Gasteiger charge is 2.24. The van der Waals surface area contributed by atoms with Gasteiger partial charge in [-0.2, -0.15) is 0 Å². The fourth-order valence-corrected chi connectivity index (χ4v) is 2.94. The third-order valence-corrected chi connectivity index (χ3v) is 4.29. The molecule has 1 fully saturated rings. The Morgan fingerprint density at radius 3 is 2.57 bits per heavy atom. The standard InChI is InChI=1S/C20H23N/c1-3-15-8-6-10-20(21-2)19(15)14-13-16-7-4-5-9-18(16)17-11-12-17/h4-10,13-14,17,21H,3,11-12H2,1-2H3/b14-13+. The van der Waals surface area contributed by atoms with Crippen LogP contribution in [0.5, 0.6) is 0 Å². The van der Waals surface area contributed by atoms with E-state index in [0.717, 1.165) is 12.3 Å². The number of hydrogen-bond acceptors (Lipinski definition) is 1. The number of nitrogens with one attached hydrogen (secondary N) is 1. The summed E-state index contributed by atoms with van der Waals surface area (Å²) in [5.41, 5.74) is 6.78. The largest absolute Gasteiger partial charge is 0.388 e. The molecule has 1 saturated carbocycles. The predicted octanol–water partition coefficient (Wildman–Crippen LogP) is 5.34. The van der Waals surface area contributed by atoms with Crippen molar-refractivity contribution in [2.45, 2.75) is 32.1 Å². The number of aryl methyl sites for hydroxylation is 1. The molecular formula is C20H23N. The zero-order valence-electron chi connectivity index (χ0n) is 12.9. The second-order valence-electron chi connectivity index (χ2n) is 5.72. The monoisotopic (exact) mass is 277 g/mol. The van der Waals surface area contributed by atoms with Gasteiger partial charge < -0.3 is 5.32 Å². The molecule has 108 valence electrons. The summed E-state index contributed by atoms with van der Waals surface area (Å²) >= 11 is 0. The van der Waals surface area contributed by atoms with Crippen molar-refractivity contribution in [3.63, 3.8) is 0 Å². The first-order valence-electron chi connectivity index (χ1n) is 7.90. The second kappa shape index (κ2) is 6.17. The summed E-state index contributed by atoms with van der Waals surface area (Å²) in [6.07, 6.45) is 8.30. The van der Waals surface area contributed by atoms with Crippen LogP contribution in [0.25, 0.3) is 12.2 Å². The van der Waals surface area contributed by atoms with Crippen molar-refractivity contribution in [1.29, 1.82) is 0 Å². The van der Waals surface area contributed by atoms with Crippen LogP contribution in [0.2, 0.25) is 0 Å². The molecule has 1 N–H and O–H groups in total. The first kappa shape index (κ1) is 13.9. The van der Waals surface area contributed by atoms with Crippen LogP contribution in [0.3, 0.4) is 0 Å². The van der Waals surface area contributed by atoms with Gasteiger partial charge in [0.2, 0.25) is 0 Å². The van der Waals surface area contributed by atoms with Gasteiger partial charge in [0, 0.05) is 18.3 Å². The van der Waals surface area contributed by atoms with Crippen molar-refractivity contribution in [1.82, 2.24) is 0 Å². The Labute approximate surface area is 127 Å². The van der Waals surface area contributed by atoms with Crippen LogP contribution in [0.1, 0.15) is 47.9 Å². The minimum atomic E-state index is 0.788. The van der Waals surface area contributed by atoms with Gasteiger partial charge in [0.05, 0.1) is 0 Å². The molecule has 2 aromatic carbocycles. The lowest BCUT2D eigenvalue weighted by Crippen LogP contribution is -1.95. The summed E-state index contributed by atoms with van der Waals surface area (Å²) in [4.78, 5) is 0. The van der Waals surface area contributed by atoms with E-state index in [-0.39, 0.29) is 0 Å². The van der Waals surface area contributed by atoms with Crippen molar-refractivity contribution in [3.8, 4) is 0 Å². The van der Waals surface area contributed by atoms with Crippen molar-refractivity contribution in [2.75, 3.05) is 12.4 Å². The average Bonchev–Trinajstić information content (AvgIpc) is 3.37. The molecule has 1 aliphatic carbocycles. The van der Waals surface area contributed by atoms with Crippen LogP contribution in [-0.2, 0) is 6.42 Å². The molecule has 1 aliphatic rings. The van der Waals surface area contributed by atoms with Crippen LogP contribution in [0.15, 0.2) is 42.5 Å². The molecule has 0 aromatic heterocycles. The number of benzene rings is 2. The van der Waals surface area contributed by atoms with Crippen LogP contribution in [0, 0.1) is 0 Å². The third kappa shape index (κ3) is 3.02. The maximum absolute atomic E-state index is 3.31. The molecule has 0 heterocycles. The van der Waals surface area contributed by atoms with Crippen LogP contribution >= 0.6 is 0 Å². The Hall–Kier alpha value is -2.02. The van der Waals surface area contributed by atoms with E-state index < -0.39 is 0 Å². The number of anilines is 1. The summed E-state index contributed by atoms with van der Waals surface area (Å²) in [5, 5.41) is 3.31. The minimum absolute atomic E-state index is 0.788. The van der Waals surface area contributed by atoms with Gasteiger partial charge in [0.1, 0.15) is 0 Å². The molecule has 1 heteroatoms. The summed E-state index contributed by atoms with van der Waals surface area (Å²) in [5.74, 6) is 0.788. The zero-order valence-corrected chi connectivity index (χ0v) is 12.9. The minimum Gasteiger partial charge on any atom is -0.388 e. The van der Waals surface area contributed by atoms with Crippen LogP contribution in [-0.4, -0.2) is 7.05 Å². The lowest BCUT2D eigenvalue weighted by Gasteiger charge is -2.10. The van der Waals surface area contributed by atoms with E-state index in [1.54, 1.807) is 0 Å². The number of rotatable bonds is 5. The SMILES string of the molecule is CCc1cccc(NC)c1/C=C/c1ccccc1C1CC1. The molecule has 0 amide bonds.